The maximum absolute atomic E-state index is 14.5. The minimum Gasteiger partial charge on any atom is -0.377 e. The zero-order chi connectivity index (χ0) is 22.6. The number of hydrogen-bond acceptors (Lipinski definition) is 5. The fraction of sp³-hybridized carbons (Fsp3) is 0.350. The van der Waals surface area contributed by atoms with Gasteiger partial charge in [-0.15, -0.1) is 0 Å². The van der Waals surface area contributed by atoms with Crippen LogP contribution < -0.4 is 5.32 Å². The number of halogens is 3. The Morgan fingerprint density at radius 1 is 1.26 bits per heavy atom. The maximum atomic E-state index is 14.5. The maximum Gasteiger partial charge on any atom is 0.255 e. The number of ether oxygens (including phenoxy) is 2. The molecule has 1 aliphatic heterocycles. The molecule has 2 aromatic carbocycles. The van der Waals surface area contributed by atoms with E-state index in [-0.39, 0.29) is 42.6 Å². The molecule has 168 valence electrons. The van der Waals surface area contributed by atoms with Crippen LogP contribution >= 0.6 is 11.6 Å². The van der Waals surface area contributed by atoms with Crippen LogP contribution in [0.25, 0.3) is 0 Å². The van der Waals surface area contributed by atoms with Crippen molar-refractivity contribution in [1.29, 1.82) is 0 Å². The minimum absolute atomic E-state index is 0.000115. The summed E-state index contributed by atoms with van der Waals surface area (Å²) in [6, 6.07) is 6.62. The van der Waals surface area contributed by atoms with Crippen molar-refractivity contribution in [2.45, 2.75) is 17.9 Å². The van der Waals surface area contributed by atoms with Crippen molar-refractivity contribution in [3.8, 4) is 0 Å². The molecule has 0 saturated carbocycles. The fourth-order valence-corrected chi connectivity index (χ4v) is 4.79. The van der Waals surface area contributed by atoms with Crippen molar-refractivity contribution in [3.63, 3.8) is 0 Å². The minimum atomic E-state index is -4.26. The second-order valence-corrected chi connectivity index (χ2v) is 9.06. The lowest BCUT2D eigenvalue weighted by molar-refractivity contribution is 0.00306. The van der Waals surface area contributed by atoms with E-state index in [0.717, 1.165) is 28.6 Å². The Morgan fingerprint density at radius 3 is 2.71 bits per heavy atom. The summed E-state index contributed by atoms with van der Waals surface area (Å²) >= 11 is 5.70. The predicted octanol–water partition coefficient (Wildman–Crippen LogP) is 3.30. The van der Waals surface area contributed by atoms with E-state index in [4.69, 9.17) is 21.1 Å². The quantitative estimate of drug-likeness (QED) is 0.694. The van der Waals surface area contributed by atoms with Crippen LogP contribution in [0.3, 0.4) is 0 Å². The van der Waals surface area contributed by atoms with E-state index < -0.39 is 38.6 Å². The van der Waals surface area contributed by atoms with Gasteiger partial charge in [-0.1, -0.05) is 11.6 Å². The number of amides is 1. The summed E-state index contributed by atoms with van der Waals surface area (Å²) in [6.45, 7) is 2.54. The van der Waals surface area contributed by atoms with Gasteiger partial charge in [0.25, 0.3) is 5.91 Å². The van der Waals surface area contributed by atoms with Gasteiger partial charge in [0, 0.05) is 30.9 Å². The molecule has 7 nitrogen and oxygen atoms in total. The van der Waals surface area contributed by atoms with Crippen LogP contribution in [-0.4, -0.2) is 57.6 Å². The van der Waals surface area contributed by atoms with Crippen LogP contribution in [0.1, 0.15) is 17.3 Å². The number of nitrogens with one attached hydrogen (secondary N) is 1. The molecular weight excluding hydrogens is 454 g/mol. The van der Waals surface area contributed by atoms with Crippen LogP contribution in [0.2, 0.25) is 5.02 Å². The third-order valence-electron chi connectivity index (χ3n) is 4.59. The number of rotatable bonds is 6. The Labute approximate surface area is 183 Å². The summed E-state index contributed by atoms with van der Waals surface area (Å²) < 4.78 is 65.9. The monoisotopic (exact) mass is 474 g/mol. The standard InChI is InChI=1S/C20H21ClF2N2O5S/c1-2-30-15-11-25(7-8-29-12-15)31(27,28)19-9-13(3-5-18(19)23)20(26)24-14-4-6-17(22)16(21)10-14/h3-6,9-10,15H,2,7-8,11-12H2,1H3,(H,24,26). The average Bonchev–Trinajstić information content (AvgIpc) is 2.97. The summed E-state index contributed by atoms with van der Waals surface area (Å²) in [6.07, 6.45) is -0.486. The first kappa shape index (κ1) is 23.6. The van der Waals surface area contributed by atoms with Gasteiger partial charge in [0.2, 0.25) is 10.0 Å². The molecule has 1 atom stereocenters. The Hall–Kier alpha value is -2.11. The van der Waals surface area contributed by atoms with Crippen molar-refractivity contribution in [2.75, 3.05) is 38.2 Å². The smallest absolute Gasteiger partial charge is 0.255 e. The number of benzene rings is 2. The van der Waals surface area contributed by atoms with E-state index in [9.17, 15) is 22.0 Å². The van der Waals surface area contributed by atoms with Gasteiger partial charge in [-0.3, -0.25) is 4.79 Å². The lowest BCUT2D eigenvalue weighted by atomic mass is 10.2. The number of carbonyl (C=O) groups is 1. The van der Waals surface area contributed by atoms with Crippen LogP contribution in [0.5, 0.6) is 0 Å². The van der Waals surface area contributed by atoms with Crippen LogP contribution in [0.4, 0.5) is 14.5 Å². The number of nitrogens with zero attached hydrogens (tertiary/aromatic N) is 1. The summed E-state index contributed by atoms with van der Waals surface area (Å²) in [5.41, 5.74) is 0.113. The Morgan fingerprint density at radius 2 is 2.00 bits per heavy atom. The molecule has 0 radical (unpaired) electrons. The van der Waals surface area contributed by atoms with Crippen LogP contribution in [0, 0.1) is 11.6 Å². The summed E-state index contributed by atoms with van der Waals surface area (Å²) in [5, 5.41) is 2.29. The van der Waals surface area contributed by atoms with Gasteiger partial charge < -0.3 is 14.8 Å². The average molecular weight is 475 g/mol. The highest BCUT2D eigenvalue weighted by atomic mass is 35.5. The van der Waals surface area contributed by atoms with Crippen molar-refractivity contribution in [2.24, 2.45) is 0 Å². The van der Waals surface area contributed by atoms with Gasteiger partial charge >= 0.3 is 0 Å². The van der Waals surface area contributed by atoms with E-state index in [1.54, 1.807) is 6.92 Å². The predicted molar refractivity (Wildman–Crippen MR) is 111 cm³/mol. The number of carbonyl (C=O) groups excluding carboxylic acids is 1. The molecule has 0 aliphatic carbocycles. The molecule has 31 heavy (non-hydrogen) atoms. The number of hydrogen-bond donors (Lipinski definition) is 1. The van der Waals surface area contributed by atoms with Gasteiger partial charge in [0.15, 0.2) is 0 Å². The molecule has 0 aromatic heterocycles. The Bertz CT molecular complexity index is 1070. The molecule has 0 bridgehead atoms. The molecule has 1 saturated heterocycles. The zero-order valence-electron chi connectivity index (χ0n) is 16.6. The third-order valence-corrected chi connectivity index (χ3v) is 6.76. The van der Waals surface area contributed by atoms with Crippen molar-refractivity contribution >= 4 is 33.2 Å². The Kier molecular flexibility index (Phi) is 7.60. The first-order valence-corrected chi connectivity index (χ1v) is 11.3. The normalized spacial score (nSPS) is 17.9. The highest BCUT2D eigenvalue weighted by molar-refractivity contribution is 7.89. The van der Waals surface area contributed by atoms with Crippen molar-refractivity contribution < 1.29 is 31.5 Å². The summed E-state index contributed by atoms with van der Waals surface area (Å²) in [7, 11) is -4.26. The molecule has 1 amide bonds. The molecule has 1 aliphatic rings. The zero-order valence-corrected chi connectivity index (χ0v) is 18.2. The first-order valence-electron chi connectivity index (χ1n) is 9.47. The number of sulfonamides is 1. The van der Waals surface area contributed by atoms with Gasteiger partial charge in [-0.25, -0.2) is 17.2 Å². The lowest BCUT2D eigenvalue weighted by Crippen LogP contribution is -2.39. The third kappa shape index (κ3) is 5.58. The molecular formula is C20H21ClF2N2O5S. The molecule has 1 unspecified atom stereocenters. The summed E-state index contributed by atoms with van der Waals surface area (Å²) in [4.78, 5) is 11.9. The highest BCUT2D eigenvalue weighted by Gasteiger charge is 2.32. The molecule has 1 N–H and O–H groups in total. The van der Waals surface area contributed by atoms with E-state index >= 15 is 0 Å². The van der Waals surface area contributed by atoms with Crippen LogP contribution in [0.15, 0.2) is 41.3 Å². The summed E-state index contributed by atoms with van der Waals surface area (Å²) in [5.74, 6) is -2.34. The van der Waals surface area contributed by atoms with Gasteiger partial charge in [0.05, 0.1) is 24.3 Å². The van der Waals surface area contributed by atoms with Crippen LogP contribution in [-0.2, 0) is 19.5 Å². The van der Waals surface area contributed by atoms with Gasteiger partial charge in [-0.2, -0.15) is 4.31 Å². The molecule has 1 fully saturated rings. The van der Waals surface area contributed by atoms with E-state index in [1.807, 2.05) is 0 Å². The first-order chi connectivity index (χ1) is 14.7. The molecule has 3 rings (SSSR count). The molecule has 2 aromatic rings. The number of anilines is 1. The van der Waals surface area contributed by atoms with E-state index in [1.165, 1.54) is 12.1 Å². The van der Waals surface area contributed by atoms with Gasteiger partial charge in [0.1, 0.15) is 16.5 Å². The fourth-order valence-electron chi connectivity index (χ4n) is 3.07. The second kappa shape index (κ2) is 10.0. The topological polar surface area (TPSA) is 84.9 Å². The SMILES string of the molecule is CCOC1COCCN(S(=O)(=O)c2cc(C(=O)Nc3ccc(F)c(Cl)c3)ccc2F)C1. The van der Waals surface area contributed by atoms with Gasteiger partial charge in [-0.05, 0) is 43.3 Å². The molecule has 1 heterocycles. The largest absolute Gasteiger partial charge is 0.377 e. The van der Waals surface area contributed by atoms with Crippen molar-refractivity contribution in [1.82, 2.24) is 4.31 Å². The van der Waals surface area contributed by atoms with Crippen molar-refractivity contribution in [3.05, 3.63) is 58.6 Å². The van der Waals surface area contributed by atoms with E-state index in [2.05, 4.69) is 5.32 Å². The molecule has 0 spiro atoms. The Balaban J connectivity index is 1.86. The highest BCUT2D eigenvalue weighted by Crippen LogP contribution is 2.24. The molecule has 11 heteroatoms. The lowest BCUT2D eigenvalue weighted by Gasteiger charge is -2.23. The van der Waals surface area contributed by atoms with E-state index in [0.29, 0.717) is 6.61 Å². The second-order valence-electron chi connectivity index (χ2n) is 6.74.